The van der Waals surface area contributed by atoms with Crippen LogP contribution in [0.3, 0.4) is 0 Å². The summed E-state index contributed by atoms with van der Waals surface area (Å²) in [6.07, 6.45) is 58.5. The van der Waals surface area contributed by atoms with Crippen LogP contribution in [0, 0.1) is 76.9 Å². The average Bonchev–Trinajstić information content (AvgIpc) is 3.28. The Morgan fingerprint density at radius 3 is 1.42 bits per heavy atom. The first kappa shape index (κ1) is 45.0. The summed E-state index contributed by atoms with van der Waals surface area (Å²) in [7, 11) is 1.90. The van der Waals surface area contributed by atoms with Gasteiger partial charge in [-0.3, -0.25) is 4.90 Å². The van der Waals surface area contributed by atoms with E-state index in [1.807, 2.05) is 7.11 Å². The fourth-order valence-corrected chi connectivity index (χ4v) is 16.5. The fourth-order valence-electron chi connectivity index (χ4n) is 16.5. The maximum atomic E-state index is 5.66. The second-order valence-corrected chi connectivity index (χ2v) is 23.9. The maximum Gasteiger partial charge on any atom is 0.0571 e. The van der Waals surface area contributed by atoms with Crippen LogP contribution >= 0.6 is 0 Å². The van der Waals surface area contributed by atoms with Crippen molar-refractivity contribution in [2.24, 2.45) is 76.9 Å². The SMILES string of the molecule is COC1CCC(C=CC2CCC(N(C3CCCCC3)C3CCC(C4CCC(C(C5CCCCC5)C5CCC(C=CC6CCC(C)CC6)CC5)C(C)C4)CC3C)CC2)CC1. The standard InChI is InChI=1S/C57H97NO/c1-41-15-17-44(18-16-41)19-20-45-23-29-49(30-24-45)57(48-11-7-5-8-12-48)55-37-31-50(39-42(55)2)51-32-38-56(43(3)40-51)58(52-13-9-6-10-14-52)53-33-25-46(26-34-53)21-22-47-27-35-54(59-4)36-28-47/h19-22,41-57H,5-18,23-40H2,1-4H3. The first-order valence-electron chi connectivity index (χ1n) is 27.6. The highest BCUT2D eigenvalue weighted by Gasteiger charge is 2.45. The van der Waals surface area contributed by atoms with E-state index in [0.29, 0.717) is 6.10 Å². The number of ether oxygens (including phenoxy) is 1. The lowest BCUT2D eigenvalue weighted by molar-refractivity contribution is -0.0283. The summed E-state index contributed by atoms with van der Waals surface area (Å²) in [6, 6.07) is 2.58. The Balaban J connectivity index is 0.841. The van der Waals surface area contributed by atoms with Gasteiger partial charge in [0.15, 0.2) is 0 Å². The van der Waals surface area contributed by atoms with Gasteiger partial charge in [-0.1, -0.05) is 109 Å². The van der Waals surface area contributed by atoms with Gasteiger partial charge in [-0.15, -0.1) is 0 Å². The molecule has 8 saturated carbocycles. The normalized spacial score (nSPS) is 43.3. The van der Waals surface area contributed by atoms with Crippen LogP contribution in [-0.4, -0.2) is 36.2 Å². The molecule has 2 nitrogen and oxygen atoms in total. The lowest BCUT2D eigenvalue weighted by atomic mass is 9.56. The van der Waals surface area contributed by atoms with Gasteiger partial charge >= 0.3 is 0 Å². The molecule has 0 aliphatic heterocycles. The molecule has 7 atom stereocenters. The Labute approximate surface area is 367 Å². The van der Waals surface area contributed by atoms with Gasteiger partial charge in [0.1, 0.15) is 0 Å². The van der Waals surface area contributed by atoms with Gasteiger partial charge in [0, 0.05) is 25.2 Å². The zero-order valence-corrected chi connectivity index (χ0v) is 39.6. The van der Waals surface area contributed by atoms with Crippen molar-refractivity contribution in [3.05, 3.63) is 24.3 Å². The Morgan fingerprint density at radius 2 is 0.881 bits per heavy atom. The van der Waals surface area contributed by atoms with Gasteiger partial charge in [0.25, 0.3) is 0 Å². The second-order valence-electron chi connectivity index (χ2n) is 23.9. The van der Waals surface area contributed by atoms with Gasteiger partial charge in [0.05, 0.1) is 6.10 Å². The molecule has 8 aliphatic rings. The van der Waals surface area contributed by atoms with E-state index in [9.17, 15) is 0 Å². The lowest BCUT2D eigenvalue weighted by Gasteiger charge is -2.53. The van der Waals surface area contributed by atoms with Crippen molar-refractivity contribution >= 4 is 0 Å². The maximum absolute atomic E-state index is 5.66. The summed E-state index contributed by atoms with van der Waals surface area (Å²) in [5.74, 6) is 12.3. The summed E-state index contributed by atoms with van der Waals surface area (Å²) >= 11 is 0. The van der Waals surface area contributed by atoms with E-state index in [4.69, 9.17) is 4.74 Å². The molecule has 8 rings (SSSR count). The monoisotopic (exact) mass is 812 g/mol. The molecule has 0 heterocycles. The zero-order chi connectivity index (χ0) is 40.6. The summed E-state index contributed by atoms with van der Waals surface area (Å²) < 4.78 is 5.66. The van der Waals surface area contributed by atoms with Crippen molar-refractivity contribution in [1.29, 1.82) is 0 Å². The van der Waals surface area contributed by atoms with E-state index in [1.165, 1.54) is 173 Å². The van der Waals surface area contributed by atoms with E-state index in [1.54, 1.807) is 32.1 Å². The van der Waals surface area contributed by atoms with Gasteiger partial charge in [-0.25, -0.2) is 0 Å². The van der Waals surface area contributed by atoms with Gasteiger partial charge in [-0.2, -0.15) is 0 Å². The van der Waals surface area contributed by atoms with Crippen LogP contribution in [0.15, 0.2) is 24.3 Å². The van der Waals surface area contributed by atoms with E-state index in [-0.39, 0.29) is 0 Å². The molecule has 0 aromatic carbocycles. The highest BCUT2D eigenvalue weighted by molar-refractivity contribution is 5.02. The molecule has 2 heteroatoms. The Morgan fingerprint density at radius 1 is 0.424 bits per heavy atom. The first-order valence-corrected chi connectivity index (χ1v) is 27.6. The summed E-state index contributed by atoms with van der Waals surface area (Å²) in [4.78, 5) is 3.27. The molecule has 0 aromatic rings. The van der Waals surface area contributed by atoms with Crippen LogP contribution in [0.1, 0.15) is 226 Å². The minimum Gasteiger partial charge on any atom is -0.381 e. The number of methoxy groups -OCH3 is 1. The third kappa shape index (κ3) is 12.0. The van der Waals surface area contributed by atoms with Gasteiger partial charge in [-0.05, 0) is 218 Å². The van der Waals surface area contributed by atoms with Gasteiger partial charge < -0.3 is 4.74 Å². The van der Waals surface area contributed by atoms with Crippen molar-refractivity contribution in [2.45, 2.75) is 250 Å². The number of hydrogen-bond acceptors (Lipinski definition) is 2. The number of rotatable bonds is 12. The molecule has 0 aromatic heterocycles. The molecule has 59 heavy (non-hydrogen) atoms. The van der Waals surface area contributed by atoms with Crippen LogP contribution in [0.25, 0.3) is 0 Å². The molecule has 8 fully saturated rings. The van der Waals surface area contributed by atoms with Crippen molar-refractivity contribution < 1.29 is 4.74 Å². The molecular weight excluding hydrogens is 715 g/mol. The third-order valence-corrected chi connectivity index (χ3v) is 20.1. The average molecular weight is 812 g/mol. The fraction of sp³-hybridized carbons (Fsp3) is 0.930. The highest BCUT2D eigenvalue weighted by Crippen LogP contribution is 2.53. The molecule has 7 unspecified atom stereocenters. The summed E-state index contributed by atoms with van der Waals surface area (Å²) in [5, 5.41) is 0. The molecule has 336 valence electrons. The van der Waals surface area contributed by atoms with Crippen LogP contribution in [-0.2, 0) is 4.74 Å². The van der Waals surface area contributed by atoms with E-state index >= 15 is 0 Å². The second kappa shape index (κ2) is 22.3. The minimum atomic E-state index is 0.517. The molecule has 0 amide bonds. The van der Waals surface area contributed by atoms with Crippen LogP contribution in [0.5, 0.6) is 0 Å². The molecule has 0 spiro atoms. The van der Waals surface area contributed by atoms with Crippen molar-refractivity contribution in [3.63, 3.8) is 0 Å². The highest BCUT2D eigenvalue weighted by atomic mass is 16.5. The molecule has 8 aliphatic carbocycles. The molecule has 0 saturated heterocycles. The van der Waals surface area contributed by atoms with Crippen LogP contribution in [0.2, 0.25) is 0 Å². The predicted octanol–water partition coefficient (Wildman–Crippen LogP) is 16.2. The quantitative estimate of drug-likeness (QED) is 0.182. The van der Waals surface area contributed by atoms with Crippen molar-refractivity contribution in [1.82, 2.24) is 4.90 Å². The smallest absolute Gasteiger partial charge is 0.0571 e. The Bertz CT molecular complexity index is 1240. The van der Waals surface area contributed by atoms with Crippen molar-refractivity contribution in [2.75, 3.05) is 7.11 Å². The van der Waals surface area contributed by atoms with E-state index in [0.717, 1.165) is 95.1 Å². The largest absolute Gasteiger partial charge is 0.381 e. The summed E-state index contributed by atoms with van der Waals surface area (Å²) in [6.45, 7) is 7.96. The number of allylic oxidation sites excluding steroid dienone is 4. The summed E-state index contributed by atoms with van der Waals surface area (Å²) in [5.41, 5.74) is 0. The van der Waals surface area contributed by atoms with E-state index in [2.05, 4.69) is 50.0 Å². The minimum absolute atomic E-state index is 0.517. The number of hydrogen-bond donors (Lipinski definition) is 0. The molecule has 0 bridgehead atoms. The van der Waals surface area contributed by atoms with Crippen LogP contribution in [0.4, 0.5) is 0 Å². The Hall–Kier alpha value is -0.600. The number of nitrogens with zero attached hydrogens (tertiary/aromatic N) is 1. The lowest BCUT2D eigenvalue weighted by Crippen LogP contribution is -2.55. The zero-order valence-electron chi connectivity index (χ0n) is 39.6. The molecule has 0 N–H and O–H groups in total. The predicted molar refractivity (Wildman–Crippen MR) is 252 cm³/mol. The van der Waals surface area contributed by atoms with Crippen molar-refractivity contribution in [3.8, 4) is 0 Å². The van der Waals surface area contributed by atoms with Gasteiger partial charge in [0.2, 0.25) is 0 Å². The topological polar surface area (TPSA) is 12.5 Å². The third-order valence-electron chi connectivity index (χ3n) is 20.1. The molecular formula is C57H97NO. The first-order chi connectivity index (χ1) is 28.9. The Kier molecular flexibility index (Phi) is 17.0. The van der Waals surface area contributed by atoms with Crippen LogP contribution < -0.4 is 0 Å². The molecule has 0 radical (unpaired) electrons. The van der Waals surface area contributed by atoms with E-state index < -0.39 is 0 Å².